The molecule has 0 radical (unpaired) electrons. The molecule has 1 atom stereocenters. The van der Waals surface area contributed by atoms with E-state index in [0.717, 1.165) is 51.1 Å². The second-order valence-electron chi connectivity index (χ2n) is 9.57. The summed E-state index contributed by atoms with van der Waals surface area (Å²) in [6.07, 6.45) is 4.32. The molecule has 1 aliphatic heterocycles. The number of likely N-dealkylation sites (N-methyl/N-ethyl adjacent to an activating group) is 1. The molecule has 0 bridgehead atoms. The largest absolute Gasteiger partial charge is 0.508 e. The third-order valence-corrected chi connectivity index (χ3v) is 7.89. The maximum atomic E-state index is 10.3. The molecule has 1 saturated heterocycles. The van der Waals surface area contributed by atoms with Crippen LogP contribution in [0, 0.1) is 0 Å². The molecule has 4 nitrogen and oxygen atoms in total. The summed E-state index contributed by atoms with van der Waals surface area (Å²) in [6.45, 7) is 7.73. The molecule has 184 valence electrons. The van der Waals surface area contributed by atoms with Crippen LogP contribution in [-0.4, -0.2) is 47.8 Å². The van der Waals surface area contributed by atoms with Gasteiger partial charge in [0.05, 0.1) is 0 Å². The van der Waals surface area contributed by atoms with Crippen LogP contribution in [0.15, 0.2) is 66.7 Å². The van der Waals surface area contributed by atoms with E-state index in [4.69, 9.17) is 0 Å². The zero-order valence-corrected chi connectivity index (χ0v) is 21.5. The first-order valence-corrected chi connectivity index (χ1v) is 12.0. The highest BCUT2D eigenvalue weighted by Crippen LogP contribution is 2.54. The second-order valence-corrected chi connectivity index (χ2v) is 9.57. The molecule has 1 heterocycles. The van der Waals surface area contributed by atoms with Gasteiger partial charge >= 0.3 is 0 Å². The molecule has 2 aliphatic carbocycles. The first kappa shape index (κ1) is 25.4. The molecule has 3 aromatic rings. The zero-order chi connectivity index (χ0) is 22.6. The third kappa shape index (κ3) is 4.18. The first-order valence-electron chi connectivity index (χ1n) is 12.0. The minimum atomic E-state index is -0.198. The Morgan fingerprint density at radius 2 is 1.46 bits per heavy atom. The number of halogens is 2. The Morgan fingerprint density at radius 3 is 2.14 bits per heavy atom. The van der Waals surface area contributed by atoms with E-state index in [1.807, 2.05) is 12.1 Å². The van der Waals surface area contributed by atoms with Crippen molar-refractivity contribution in [2.45, 2.75) is 25.2 Å². The highest BCUT2D eigenvalue weighted by atomic mass is 35.5. The zero-order valence-electron chi connectivity index (χ0n) is 19.9. The van der Waals surface area contributed by atoms with Crippen LogP contribution >= 0.6 is 24.8 Å². The summed E-state index contributed by atoms with van der Waals surface area (Å²) in [5, 5.41) is 20.3. The van der Waals surface area contributed by atoms with Gasteiger partial charge in [0.15, 0.2) is 0 Å². The van der Waals surface area contributed by atoms with Crippen molar-refractivity contribution in [3.8, 4) is 11.5 Å². The van der Waals surface area contributed by atoms with Crippen LogP contribution in [0.2, 0.25) is 0 Å². The highest BCUT2D eigenvalue weighted by Gasteiger charge is 2.44. The number of hydrogen-bond acceptors (Lipinski definition) is 4. The molecular weight excluding hydrogens is 479 g/mol. The van der Waals surface area contributed by atoms with Crippen molar-refractivity contribution in [1.29, 1.82) is 0 Å². The van der Waals surface area contributed by atoms with Crippen molar-refractivity contribution in [2.75, 3.05) is 37.6 Å². The van der Waals surface area contributed by atoms with Crippen LogP contribution in [-0.2, 0) is 11.8 Å². The summed E-state index contributed by atoms with van der Waals surface area (Å²) in [4.78, 5) is 4.97. The van der Waals surface area contributed by atoms with Crippen LogP contribution in [0.5, 0.6) is 11.5 Å². The van der Waals surface area contributed by atoms with Gasteiger partial charge in [-0.1, -0.05) is 37.3 Å². The van der Waals surface area contributed by atoms with Crippen LogP contribution in [0.25, 0.3) is 5.57 Å². The van der Waals surface area contributed by atoms with Crippen molar-refractivity contribution in [2.24, 2.45) is 0 Å². The molecule has 6 heteroatoms. The standard InChI is InChI=1S/C29H30N2O2.2ClH/c1-2-30-13-15-31(16-14-30)22-5-3-20(4-6-22)26-19-29(28-10-8-24(33)18-25(26)28)12-11-21-17-23(32)7-9-27(21)29;;/h3-10,17-19,32-33H,2,11-16H2,1H3;2*1H. The van der Waals surface area contributed by atoms with Crippen LogP contribution < -0.4 is 4.90 Å². The molecular formula is C29H32Cl2N2O2. The Kier molecular flexibility index (Phi) is 7.10. The van der Waals surface area contributed by atoms with Crippen molar-refractivity contribution >= 4 is 36.1 Å². The topological polar surface area (TPSA) is 46.9 Å². The lowest BCUT2D eigenvalue weighted by Crippen LogP contribution is -2.46. The van der Waals surface area contributed by atoms with E-state index in [9.17, 15) is 10.2 Å². The average Bonchev–Trinajstić information content (AvgIpc) is 3.37. The lowest BCUT2D eigenvalue weighted by atomic mass is 9.77. The van der Waals surface area contributed by atoms with Gasteiger partial charge in [0.1, 0.15) is 11.5 Å². The normalized spacial score (nSPS) is 20.6. The van der Waals surface area contributed by atoms with E-state index in [1.165, 1.54) is 33.5 Å². The van der Waals surface area contributed by atoms with Crippen molar-refractivity contribution in [1.82, 2.24) is 4.90 Å². The number of nitrogens with zero attached hydrogens (tertiary/aromatic N) is 2. The number of rotatable bonds is 3. The summed E-state index contributed by atoms with van der Waals surface area (Å²) in [7, 11) is 0. The van der Waals surface area contributed by atoms with Gasteiger partial charge in [0, 0.05) is 37.3 Å². The number of benzene rings is 3. The molecule has 0 saturated carbocycles. The number of phenols is 2. The Labute approximate surface area is 219 Å². The molecule has 35 heavy (non-hydrogen) atoms. The fourth-order valence-corrected chi connectivity index (χ4v) is 6.08. The van der Waals surface area contributed by atoms with Gasteiger partial charge in [-0.3, -0.25) is 0 Å². The molecule has 3 aromatic carbocycles. The SMILES string of the molecule is CCN1CCN(c2ccc(C3=CC4(CCc5cc(O)ccc54)c4ccc(O)cc43)cc2)CC1.Cl.Cl. The molecule has 1 unspecified atom stereocenters. The lowest BCUT2D eigenvalue weighted by Gasteiger charge is -2.35. The van der Waals surface area contributed by atoms with Crippen LogP contribution in [0.4, 0.5) is 5.69 Å². The van der Waals surface area contributed by atoms with Crippen LogP contribution in [0.3, 0.4) is 0 Å². The summed E-state index contributed by atoms with van der Waals surface area (Å²) < 4.78 is 0. The number of hydrogen-bond donors (Lipinski definition) is 2. The maximum Gasteiger partial charge on any atom is 0.116 e. The monoisotopic (exact) mass is 510 g/mol. The molecule has 0 aromatic heterocycles. The van der Waals surface area contributed by atoms with Gasteiger partial charge in [-0.25, -0.2) is 0 Å². The Morgan fingerprint density at radius 1 is 0.800 bits per heavy atom. The quantitative estimate of drug-likeness (QED) is 0.470. The van der Waals surface area contributed by atoms with Gasteiger partial charge in [-0.2, -0.15) is 0 Å². The number of aromatic hydroxyl groups is 2. The second kappa shape index (κ2) is 9.77. The summed E-state index contributed by atoms with van der Waals surface area (Å²) in [6, 6.07) is 20.5. The minimum Gasteiger partial charge on any atom is -0.508 e. The fourth-order valence-electron chi connectivity index (χ4n) is 6.08. The van der Waals surface area contributed by atoms with E-state index in [2.05, 4.69) is 59.2 Å². The van der Waals surface area contributed by atoms with Crippen LogP contribution in [0.1, 0.15) is 41.2 Å². The molecule has 3 aliphatic rings. The number of piperazine rings is 1. The Bertz CT molecular complexity index is 1250. The van der Waals surface area contributed by atoms with E-state index in [-0.39, 0.29) is 30.2 Å². The van der Waals surface area contributed by atoms with Gasteiger partial charge in [-0.05, 0) is 89.2 Å². The van der Waals surface area contributed by atoms with Crippen molar-refractivity contribution in [3.05, 3.63) is 94.6 Å². The van der Waals surface area contributed by atoms with Crippen molar-refractivity contribution < 1.29 is 10.2 Å². The molecule has 2 N–H and O–H groups in total. The molecule has 1 fully saturated rings. The van der Waals surface area contributed by atoms with E-state index < -0.39 is 0 Å². The third-order valence-electron chi connectivity index (χ3n) is 7.89. The maximum absolute atomic E-state index is 10.3. The minimum absolute atomic E-state index is 0. The van der Waals surface area contributed by atoms with Gasteiger partial charge in [-0.15, -0.1) is 24.8 Å². The number of phenolic OH excluding ortho intramolecular Hbond substituents is 2. The van der Waals surface area contributed by atoms with E-state index >= 15 is 0 Å². The summed E-state index contributed by atoms with van der Waals surface area (Å²) in [5.74, 6) is 0.625. The number of aryl methyl sites for hydroxylation is 1. The predicted octanol–water partition coefficient (Wildman–Crippen LogP) is 5.76. The summed E-state index contributed by atoms with van der Waals surface area (Å²) in [5.41, 5.74) is 8.29. The Balaban J connectivity index is 0.00000144. The Hall–Kier alpha value is -2.66. The lowest BCUT2D eigenvalue weighted by molar-refractivity contribution is 0.271. The average molecular weight is 511 g/mol. The number of anilines is 1. The first-order chi connectivity index (χ1) is 16.1. The number of fused-ring (bicyclic) bond motifs is 4. The smallest absolute Gasteiger partial charge is 0.116 e. The van der Waals surface area contributed by atoms with Gasteiger partial charge in [0.25, 0.3) is 0 Å². The van der Waals surface area contributed by atoms with Crippen molar-refractivity contribution in [3.63, 3.8) is 0 Å². The highest BCUT2D eigenvalue weighted by molar-refractivity contribution is 5.90. The molecule has 1 spiro atoms. The van der Waals surface area contributed by atoms with Gasteiger partial charge < -0.3 is 20.0 Å². The van der Waals surface area contributed by atoms with Gasteiger partial charge in [0.2, 0.25) is 0 Å². The summed E-state index contributed by atoms with van der Waals surface area (Å²) >= 11 is 0. The molecule has 6 rings (SSSR count). The van der Waals surface area contributed by atoms with E-state index in [0.29, 0.717) is 11.5 Å². The fraction of sp³-hybridized carbons (Fsp3) is 0.310. The van der Waals surface area contributed by atoms with E-state index in [1.54, 1.807) is 12.1 Å². The predicted molar refractivity (Wildman–Crippen MR) is 148 cm³/mol. The number of allylic oxidation sites excluding steroid dienone is 1. The molecule has 0 amide bonds.